The number of benzene rings is 1. The van der Waals surface area contributed by atoms with Gasteiger partial charge in [-0.05, 0) is 37.8 Å². The first-order valence-electron chi connectivity index (χ1n) is 7.01. The molecule has 1 aliphatic rings. The summed E-state index contributed by atoms with van der Waals surface area (Å²) in [5.74, 6) is 0. The van der Waals surface area contributed by atoms with Gasteiger partial charge in [-0.3, -0.25) is 0 Å². The number of carbonyl (C=O) groups is 1. The third kappa shape index (κ3) is 2.76. The Morgan fingerprint density at radius 2 is 2.10 bits per heavy atom. The summed E-state index contributed by atoms with van der Waals surface area (Å²) in [4.78, 5) is 14.8. The maximum Gasteiger partial charge on any atom is 0.410 e. The standard InChI is InChI=1S/C16H19NO3S/c1-16(2,3)20-15(19)17-8-11-10-6-4-5-7-13(10)21-14(11)12(18)9-17/h4-7,12,18H,8-9H2,1-3H3. The molecule has 1 aromatic heterocycles. The van der Waals surface area contributed by atoms with Crippen LogP contribution in [0.5, 0.6) is 0 Å². The van der Waals surface area contributed by atoms with Crippen molar-refractivity contribution in [2.75, 3.05) is 6.54 Å². The Morgan fingerprint density at radius 1 is 1.38 bits per heavy atom. The molecule has 0 spiro atoms. The van der Waals surface area contributed by atoms with Crippen LogP contribution in [0.1, 0.15) is 37.3 Å². The molecule has 1 aromatic carbocycles. The molecule has 112 valence electrons. The topological polar surface area (TPSA) is 49.8 Å². The van der Waals surface area contributed by atoms with Crippen molar-refractivity contribution in [2.24, 2.45) is 0 Å². The molecule has 2 aromatic rings. The number of hydrogen-bond donors (Lipinski definition) is 1. The Morgan fingerprint density at radius 3 is 2.81 bits per heavy atom. The zero-order valence-corrected chi connectivity index (χ0v) is 13.2. The van der Waals surface area contributed by atoms with Gasteiger partial charge in [-0.2, -0.15) is 0 Å². The maximum absolute atomic E-state index is 12.2. The predicted octanol–water partition coefficient (Wildman–Crippen LogP) is 3.69. The molecule has 21 heavy (non-hydrogen) atoms. The lowest BCUT2D eigenvalue weighted by Gasteiger charge is -2.32. The molecule has 2 heterocycles. The van der Waals surface area contributed by atoms with E-state index >= 15 is 0 Å². The van der Waals surface area contributed by atoms with Crippen LogP contribution in [-0.4, -0.2) is 28.2 Å². The van der Waals surface area contributed by atoms with Crippen LogP contribution >= 0.6 is 11.3 Å². The molecule has 4 nitrogen and oxygen atoms in total. The number of ether oxygens (including phenoxy) is 1. The van der Waals surface area contributed by atoms with Crippen molar-refractivity contribution >= 4 is 27.5 Å². The zero-order chi connectivity index (χ0) is 15.2. The van der Waals surface area contributed by atoms with Crippen molar-refractivity contribution in [3.05, 3.63) is 34.7 Å². The third-order valence-electron chi connectivity index (χ3n) is 3.43. The minimum absolute atomic E-state index is 0.286. The Kier molecular flexibility index (Phi) is 3.42. The molecule has 1 atom stereocenters. The fourth-order valence-corrected chi connectivity index (χ4v) is 3.76. The van der Waals surface area contributed by atoms with Crippen LogP contribution in [0.4, 0.5) is 4.79 Å². The molecule has 0 bridgehead atoms. The molecular formula is C16H19NO3S. The minimum Gasteiger partial charge on any atom is -0.444 e. The van der Waals surface area contributed by atoms with Crippen molar-refractivity contribution in [1.29, 1.82) is 0 Å². The number of aliphatic hydroxyl groups excluding tert-OH is 1. The van der Waals surface area contributed by atoms with Gasteiger partial charge >= 0.3 is 6.09 Å². The van der Waals surface area contributed by atoms with Gasteiger partial charge in [0.2, 0.25) is 0 Å². The van der Waals surface area contributed by atoms with E-state index in [1.807, 2.05) is 45.0 Å². The normalized spacial score (nSPS) is 18.7. The number of amides is 1. The van der Waals surface area contributed by atoms with Gasteiger partial charge < -0.3 is 14.7 Å². The van der Waals surface area contributed by atoms with E-state index in [9.17, 15) is 9.90 Å². The number of fused-ring (bicyclic) bond motifs is 3. The summed E-state index contributed by atoms with van der Waals surface area (Å²) in [6, 6.07) is 8.05. The van der Waals surface area contributed by atoms with E-state index in [0.717, 1.165) is 20.5 Å². The number of carbonyl (C=O) groups excluding carboxylic acids is 1. The van der Waals surface area contributed by atoms with Crippen LogP contribution in [0.15, 0.2) is 24.3 Å². The Bertz CT molecular complexity index is 686. The Labute approximate surface area is 127 Å². The first kappa shape index (κ1) is 14.4. The highest BCUT2D eigenvalue weighted by molar-refractivity contribution is 7.19. The van der Waals surface area contributed by atoms with Crippen LogP contribution in [0.25, 0.3) is 10.1 Å². The molecule has 1 amide bonds. The van der Waals surface area contributed by atoms with Crippen molar-refractivity contribution in [2.45, 2.75) is 39.0 Å². The lowest BCUT2D eigenvalue weighted by Crippen LogP contribution is -2.41. The summed E-state index contributed by atoms with van der Waals surface area (Å²) < 4.78 is 6.55. The number of β-amino-alcohol motifs (C(OH)–C–C–N with tert-alkyl or cyclic N) is 1. The lowest BCUT2D eigenvalue weighted by molar-refractivity contribution is 0.00909. The minimum atomic E-state index is -0.640. The van der Waals surface area contributed by atoms with E-state index in [2.05, 4.69) is 0 Å². The first-order chi connectivity index (χ1) is 9.85. The highest BCUT2D eigenvalue weighted by Crippen LogP contribution is 2.39. The summed E-state index contributed by atoms with van der Waals surface area (Å²) in [5.41, 5.74) is 0.513. The van der Waals surface area contributed by atoms with Crippen molar-refractivity contribution < 1.29 is 14.6 Å². The molecule has 3 rings (SSSR count). The van der Waals surface area contributed by atoms with E-state index in [1.54, 1.807) is 16.2 Å². The molecule has 0 radical (unpaired) electrons. The molecule has 1 aliphatic heterocycles. The molecule has 0 saturated heterocycles. The monoisotopic (exact) mass is 305 g/mol. The fourth-order valence-electron chi connectivity index (χ4n) is 2.56. The highest BCUT2D eigenvalue weighted by atomic mass is 32.1. The zero-order valence-electron chi connectivity index (χ0n) is 12.4. The van der Waals surface area contributed by atoms with Gasteiger partial charge in [-0.25, -0.2) is 4.79 Å². The van der Waals surface area contributed by atoms with Crippen LogP contribution < -0.4 is 0 Å². The van der Waals surface area contributed by atoms with E-state index in [4.69, 9.17) is 4.74 Å². The number of hydrogen-bond acceptors (Lipinski definition) is 4. The summed E-state index contributed by atoms with van der Waals surface area (Å²) in [7, 11) is 0. The predicted molar refractivity (Wildman–Crippen MR) is 83.4 cm³/mol. The van der Waals surface area contributed by atoms with Crippen LogP contribution in [0.2, 0.25) is 0 Å². The summed E-state index contributed by atoms with van der Waals surface area (Å²) in [6.45, 7) is 6.31. The van der Waals surface area contributed by atoms with E-state index in [0.29, 0.717) is 6.54 Å². The van der Waals surface area contributed by atoms with E-state index in [1.165, 1.54) is 0 Å². The molecule has 0 saturated carbocycles. The number of rotatable bonds is 0. The van der Waals surface area contributed by atoms with E-state index in [-0.39, 0.29) is 12.6 Å². The highest BCUT2D eigenvalue weighted by Gasteiger charge is 2.32. The Balaban J connectivity index is 1.92. The van der Waals surface area contributed by atoms with Crippen molar-refractivity contribution in [3.63, 3.8) is 0 Å². The van der Waals surface area contributed by atoms with Gasteiger partial charge in [-0.15, -0.1) is 11.3 Å². The van der Waals surface area contributed by atoms with Crippen LogP contribution in [0.3, 0.4) is 0 Å². The second-order valence-corrected chi connectivity index (χ2v) is 7.40. The quantitative estimate of drug-likeness (QED) is 0.807. The largest absolute Gasteiger partial charge is 0.444 e. The number of aliphatic hydroxyl groups is 1. The fraction of sp³-hybridized carbons (Fsp3) is 0.438. The molecular weight excluding hydrogens is 286 g/mol. The van der Waals surface area contributed by atoms with Crippen molar-refractivity contribution in [3.8, 4) is 0 Å². The molecule has 5 heteroatoms. The second-order valence-electron chi connectivity index (χ2n) is 6.32. The van der Waals surface area contributed by atoms with Gasteiger partial charge in [0.1, 0.15) is 11.7 Å². The first-order valence-corrected chi connectivity index (χ1v) is 7.83. The lowest BCUT2D eigenvalue weighted by atomic mass is 10.0. The van der Waals surface area contributed by atoms with Crippen molar-refractivity contribution in [1.82, 2.24) is 4.90 Å². The van der Waals surface area contributed by atoms with Crippen LogP contribution in [-0.2, 0) is 11.3 Å². The molecule has 1 unspecified atom stereocenters. The third-order valence-corrected chi connectivity index (χ3v) is 4.74. The number of nitrogens with zero attached hydrogens (tertiary/aromatic N) is 1. The summed E-state index contributed by atoms with van der Waals surface area (Å²) in [6.07, 6.45) is -1.01. The van der Waals surface area contributed by atoms with Gasteiger partial charge in [0.25, 0.3) is 0 Å². The smallest absolute Gasteiger partial charge is 0.410 e. The van der Waals surface area contributed by atoms with Gasteiger partial charge in [0.15, 0.2) is 0 Å². The average Bonchev–Trinajstić information content (AvgIpc) is 2.76. The second kappa shape index (κ2) is 5.00. The van der Waals surface area contributed by atoms with Gasteiger partial charge in [0, 0.05) is 9.58 Å². The van der Waals surface area contributed by atoms with Crippen LogP contribution in [0, 0.1) is 0 Å². The summed E-state index contributed by atoms with van der Waals surface area (Å²) in [5, 5.41) is 11.5. The Hall–Kier alpha value is -1.59. The molecule has 1 N–H and O–H groups in total. The summed E-state index contributed by atoms with van der Waals surface area (Å²) >= 11 is 1.61. The molecule has 0 fully saturated rings. The SMILES string of the molecule is CC(C)(C)OC(=O)N1Cc2c(sc3ccccc23)C(O)C1. The van der Waals surface area contributed by atoms with E-state index < -0.39 is 11.7 Å². The average molecular weight is 305 g/mol. The van der Waals surface area contributed by atoms with Gasteiger partial charge in [0.05, 0.1) is 13.1 Å². The molecule has 0 aliphatic carbocycles. The maximum atomic E-state index is 12.2. The number of thiophene rings is 1. The van der Waals surface area contributed by atoms with Gasteiger partial charge in [-0.1, -0.05) is 18.2 Å².